The lowest BCUT2D eigenvalue weighted by Crippen LogP contribution is -2.30. The predicted molar refractivity (Wildman–Crippen MR) is 59.1 cm³/mol. The molecular weight excluding hydrogens is 210 g/mol. The van der Waals surface area contributed by atoms with E-state index >= 15 is 0 Å². The first kappa shape index (κ1) is 12.1. The first-order valence-electron chi connectivity index (χ1n) is 4.69. The first-order chi connectivity index (χ1) is 7.54. The second-order valence-corrected chi connectivity index (χ2v) is 3.33. The molecule has 1 aromatic rings. The van der Waals surface area contributed by atoms with Crippen molar-refractivity contribution >= 4 is 11.9 Å². The minimum Gasteiger partial charge on any atom is -0.463 e. The summed E-state index contributed by atoms with van der Waals surface area (Å²) in [5, 5.41) is 0. The molecule has 0 aliphatic heterocycles. The molecule has 0 aromatic carbocycles. The van der Waals surface area contributed by atoms with Crippen LogP contribution in [-0.4, -0.2) is 38.0 Å². The number of nitrogens with two attached hydrogens (primary N) is 1. The van der Waals surface area contributed by atoms with E-state index in [0.717, 1.165) is 0 Å². The molecule has 0 fully saturated rings. The van der Waals surface area contributed by atoms with Gasteiger partial charge in [0.15, 0.2) is 5.96 Å². The van der Waals surface area contributed by atoms with Crippen molar-refractivity contribution < 1.29 is 13.9 Å². The molecule has 88 valence electrons. The van der Waals surface area contributed by atoms with Crippen LogP contribution in [0.4, 0.5) is 0 Å². The van der Waals surface area contributed by atoms with Gasteiger partial charge < -0.3 is 19.8 Å². The summed E-state index contributed by atoms with van der Waals surface area (Å²) in [5.74, 6) is 0.619. The van der Waals surface area contributed by atoms with Gasteiger partial charge >= 0.3 is 5.97 Å². The van der Waals surface area contributed by atoms with E-state index in [2.05, 4.69) is 9.73 Å². The lowest BCUT2D eigenvalue weighted by atomic mass is 10.4. The minimum atomic E-state index is -0.504. The van der Waals surface area contributed by atoms with Gasteiger partial charge in [-0.3, -0.25) is 0 Å². The van der Waals surface area contributed by atoms with Crippen molar-refractivity contribution in [2.24, 2.45) is 10.7 Å². The van der Waals surface area contributed by atoms with E-state index in [1.165, 1.54) is 7.11 Å². The van der Waals surface area contributed by atoms with Crippen molar-refractivity contribution in [1.29, 1.82) is 0 Å². The number of carbonyl (C=O) groups excluding carboxylic acids is 1. The number of esters is 1. The van der Waals surface area contributed by atoms with Crippen LogP contribution in [0.5, 0.6) is 0 Å². The summed E-state index contributed by atoms with van der Waals surface area (Å²) in [5.41, 5.74) is 5.60. The summed E-state index contributed by atoms with van der Waals surface area (Å²) in [7, 11) is 4.88. The van der Waals surface area contributed by atoms with Gasteiger partial charge in [-0.2, -0.15) is 0 Å². The fourth-order valence-corrected chi connectivity index (χ4v) is 0.974. The number of guanidine groups is 1. The summed E-state index contributed by atoms with van der Waals surface area (Å²) in [6.07, 6.45) is 0. The molecule has 0 aliphatic carbocycles. The quantitative estimate of drug-likeness (QED) is 0.458. The van der Waals surface area contributed by atoms with E-state index in [1.54, 1.807) is 31.1 Å². The van der Waals surface area contributed by atoms with Crippen LogP contribution in [0.25, 0.3) is 0 Å². The van der Waals surface area contributed by atoms with Gasteiger partial charge in [0.2, 0.25) is 5.76 Å². The topological polar surface area (TPSA) is 81.1 Å². The van der Waals surface area contributed by atoms with Crippen molar-refractivity contribution in [2.45, 2.75) is 6.54 Å². The number of methoxy groups -OCH3 is 1. The molecule has 0 spiro atoms. The Kier molecular flexibility index (Phi) is 3.93. The first-order valence-corrected chi connectivity index (χ1v) is 4.69. The molecule has 0 atom stereocenters. The Balaban J connectivity index is 2.66. The van der Waals surface area contributed by atoms with Crippen LogP contribution in [0.3, 0.4) is 0 Å². The third-order valence-corrected chi connectivity index (χ3v) is 1.90. The smallest absolute Gasteiger partial charge is 0.373 e. The average molecular weight is 225 g/mol. The molecule has 0 unspecified atom stereocenters. The average Bonchev–Trinajstić information content (AvgIpc) is 2.73. The normalized spacial score (nSPS) is 11.3. The fourth-order valence-electron chi connectivity index (χ4n) is 0.974. The molecule has 0 bridgehead atoms. The van der Waals surface area contributed by atoms with Crippen LogP contribution in [-0.2, 0) is 11.3 Å². The number of aliphatic imine (C=N–C) groups is 1. The summed E-state index contributed by atoms with van der Waals surface area (Å²) in [6.45, 7) is 0.293. The Labute approximate surface area is 93.7 Å². The molecule has 0 saturated heterocycles. The maximum absolute atomic E-state index is 11.1. The summed E-state index contributed by atoms with van der Waals surface area (Å²) < 4.78 is 9.72. The van der Waals surface area contributed by atoms with Crippen molar-refractivity contribution in [1.82, 2.24) is 4.90 Å². The zero-order chi connectivity index (χ0) is 12.1. The highest BCUT2D eigenvalue weighted by Gasteiger charge is 2.10. The number of ether oxygens (including phenoxy) is 1. The van der Waals surface area contributed by atoms with Crippen molar-refractivity contribution in [3.05, 3.63) is 23.7 Å². The standard InChI is InChI=1S/C10H15N3O3/c1-13(2)10(11)12-6-7-4-5-8(16-7)9(14)15-3/h4-5H,6H2,1-3H3,(H2,11,12). The third kappa shape index (κ3) is 3.01. The Hall–Kier alpha value is -1.98. The Bertz CT molecular complexity index is 396. The van der Waals surface area contributed by atoms with Gasteiger partial charge in [0.1, 0.15) is 12.3 Å². The minimum absolute atomic E-state index is 0.163. The molecule has 1 aromatic heterocycles. The second kappa shape index (κ2) is 5.20. The molecule has 16 heavy (non-hydrogen) atoms. The van der Waals surface area contributed by atoms with E-state index < -0.39 is 5.97 Å². The number of hydrogen-bond acceptors (Lipinski definition) is 4. The van der Waals surface area contributed by atoms with Crippen LogP contribution in [0.15, 0.2) is 21.5 Å². The third-order valence-electron chi connectivity index (χ3n) is 1.90. The Morgan fingerprint density at radius 1 is 1.56 bits per heavy atom. The highest BCUT2D eigenvalue weighted by atomic mass is 16.5. The molecule has 1 rings (SSSR count). The summed E-state index contributed by atoms with van der Waals surface area (Å²) in [4.78, 5) is 16.8. The van der Waals surface area contributed by atoms with Crippen LogP contribution < -0.4 is 5.73 Å². The number of rotatable bonds is 3. The van der Waals surface area contributed by atoms with Crippen LogP contribution in [0.1, 0.15) is 16.3 Å². The molecule has 6 heteroatoms. The number of carbonyl (C=O) groups is 1. The van der Waals surface area contributed by atoms with Crippen LogP contribution >= 0.6 is 0 Å². The van der Waals surface area contributed by atoms with E-state index in [9.17, 15) is 4.79 Å². The number of hydrogen-bond donors (Lipinski definition) is 1. The molecular formula is C10H15N3O3. The van der Waals surface area contributed by atoms with Gasteiger partial charge in [0.25, 0.3) is 0 Å². The number of nitrogens with zero attached hydrogens (tertiary/aromatic N) is 2. The van der Waals surface area contributed by atoms with Gasteiger partial charge in [0, 0.05) is 14.1 Å². The van der Waals surface area contributed by atoms with Crippen molar-refractivity contribution in [3.8, 4) is 0 Å². The lowest BCUT2D eigenvalue weighted by Gasteiger charge is -2.09. The van der Waals surface area contributed by atoms with E-state index in [0.29, 0.717) is 18.3 Å². The zero-order valence-corrected chi connectivity index (χ0v) is 9.56. The summed E-state index contributed by atoms with van der Waals surface area (Å²) in [6, 6.07) is 3.21. The highest BCUT2D eigenvalue weighted by Crippen LogP contribution is 2.09. The Morgan fingerprint density at radius 3 is 2.81 bits per heavy atom. The van der Waals surface area contributed by atoms with Crippen LogP contribution in [0.2, 0.25) is 0 Å². The van der Waals surface area contributed by atoms with E-state index in [1.807, 2.05) is 0 Å². The largest absolute Gasteiger partial charge is 0.463 e. The molecule has 0 radical (unpaired) electrons. The van der Waals surface area contributed by atoms with E-state index in [4.69, 9.17) is 10.2 Å². The molecule has 0 saturated carbocycles. The lowest BCUT2D eigenvalue weighted by molar-refractivity contribution is 0.0563. The monoisotopic (exact) mass is 225 g/mol. The maximum atomic E-state index is 11.1. The molecule has 1 heterocycles. The van der Waals surface area contributed by atoms with Gasteiger partial charge in [-0.1, -0.05) is 0 Å². The fraction of sp³-hybridized carbons (Fsp3) is 0.400. The molecule has 0 aliphatic rings. The molecule has 0 amide bonds. The van der Waals surface area contributed by atoms with Crippen molar-refractivity contribution in [2.75, 3.05) is 21.2 Å². The summed E-state index contributed by atoms with van der Waals surface area (Å²) >= 11 is 0. The second-order valence-electron chi connectivity index (χ2n) is 3.33. The number of furan rings is 1. The zero-order valence-electron chi connectivity index (χ0n) is 9.56. The molecule has 6 nitrogen and oxygen atoms in total. The predicted octanol–water partition coefficient (Wildman–Crippen LogP) is 0.442. The Morgan fingerprint density at radius 2 is 2.25 bits per heavy atom. The highest BCUT2D eigenvalue weighted by molar-refractivity contribution is 5.86. The maximum Gasteiger partial charge on any atom is 0.373 e. The molecule has 2 N–H and O–H groups in total. The van der Waals surface area contributed by atoms with Gasteiger partial charge in [-0.15, -0.1) is 0 Å². The van der Waals surface area contributed by atoms with Gasteiger partial charge in [-0.05, 0) is 12.1 Å². The van der Waals surface area contributed by atoms with Gasteiger partial charge in [0.05, 0.1) is 7.11 Å². The van der Waals surface area contributed by atoms with Gasteiger partial charge in [-0.25, -0.2) is 9.79 Å². The van der Waals surface area contributed by atoms with Crippen molar-refractivity contribution in [3.63, 3.8) is 0 Å². The van der Waals surface area contributed by atoms with E-state index in [-0.39, 0.29) is 5.76 Å². The SMILES string of the molecule is COC(=O)c1ccc(CN=C(N)N(C)C)o1. The van der Waals surface area contributed by atoms with Crippen LogP contribution in [0, 0.1) is 0 Å².